The highest BCUT2D eigenvalue weighted by Crippen LogP contribution is 2.32. The van der Waals surface area contributed by atoms with Crippen LogP contribution in [0.3, 0.4) is 0 Å². The first-order valence-corrected chi connectivity index (χ1v) is 6.73. The number of hydrogen-bond acceptors (Lipinski definition) is 3. The molecule has 18 heavy (non-hydrogen) atoms. The van der Waals surface area contributed by atoms with Gasteiger partial charge in [-0.1, -0.05) is 19.9 Å². The molecule has 4 heteroatoms. The van der Waals surface area contributed by atoms with Crippen molar-refractivity contribution in [3.63, 3.8) is 0 Å². The Morgan fingerprint density at radius 2 is 2.11 bits per heavy atom. The van der Waals surface area contributed by atoms with Crippen molar-refractivity contribution < 1.29 is 0 Å². The Hall–Kier alpha value is -1.58. The van der Waals surface area contributed by atoms with Gasteiger partial charge in [0.05, 0.1) is 0 Å². The molecule has 1 fully saturated rings. The van der Waals surface area contributed by atoms with Crippen LogP contribution >= 0.6 is 0 Å². The van der Waals surface area contributed by atoms with Crippen molar-refractivity contribution in [2.75, 3.05) is 5.32 Å². The third-order valence-corrected chi connectivity index (χ3v) is 4.26. The minimum absolute atomic E-state index is 0.513. The van der Waals surface area contributed by atoms with Crippen LogP contribution in [0, 0.1) is 18.8 Å². The molecule has 2 aromatic rings. The summed E-state index contributed by atoms with van der Waals surface area (Å²) in [5.41, 5.74) is 2.10. The largest absolute Gasteiger partial charge is 0.350 e. The lowest BCUT2D eigenvalue weighted by atomic mass is 9.98. The minimum Gasteiger partial charge on any atom is -0.350 e. The first-order valence-electron chi connectivity index (χ1n) is 6.73. The molecule has 1 aliphatic carbocycles. The molecule has 2 heterocycles. The van der Waals surface area contributed by atoms with E-state index in [1.165, 1.54) is 18.4 Å². The van der Waals surface area contributed by atoms with E-state index in [2.05, 4.69) is 42.2 Å². The summed E-state index contributed by atoms with van der Waals surface area (Å²) in [7, 11) is 0. The van der Waals surface area contributed by atoms with Gasteiger partial charge in [0.25, 0.3) is 0 Å². The van der Waals surface area contributed by atoms with E-state index in [1.54, 1.807) is 0 Å². The molecule has 96 valence electrons. The maximum Gasteiger partial charge on any atom is 0.243 e. The van der Waals surface area contributed by atoms with Gasteiger partial charge in [0.15, 0.2) is 5.65 Å². The monoisotopic (exact) mass is 244 g/mol. The Morgan fingerprint density at radius 3 is 2.83 bits per heavy atom. The molecule has 0 radical (unpaired) electrons. The second-order valence-corrected chi connectivity index (χ2v) is 5.61. The number of rotatable bonds is 2. The molecular weight excluding hydrogens is 224 g/mol. The predicted octanol–water partition coefficient (Wildman–Crippen LogP) is 2.88. The number of nitrogens with zero attached hydrogens (tertiary/aromatic N) is 3. The Kier molecular flexibility index (Phi) is 2.73. The van der Waals surface area contributed by atoms with Gasteiger partial charge in [0.2, 0.25) is 5.95 Å². The van der Waals surface area contributed by atoms with E-state index in [0.717, 1.165) is 17.5 Å². The van der Waals surface area contributed by atoms with Gasteiger partial charge in [0.1, 0.15) is 0 Å². The van der Waals surface area contributed by atoms with Crippen LogP contribution in [0.15, 0.2) is 18.3 Å². The van der Waals surface area contributed by atoms with E-state index >= 15 is 0 Å². The highest BCUT2D eigenvalue weighted by molar-refractivity contribution is 5.44. The first-order chi connectivity index (χ1) is 8.63. The van der Waals surface area contributed by atoms with E-state index in [0.29, 0.717) is 12.0 Å². The molecule has 4 nitrogen and oxygen atoms in total. The SMILES string of the molecule is Cc1ccc2nc(NC3CCC(C)C3C)nn2c1. The molecule has 2 aromatic heterocycles. The number of anilines is 1. The van der Waals surface area contributed by atoms with Crippen LogP contribution in [0.2, 0.25) is 0 Å². The fourth-order valence-corrected chi connectivity index (χ4v) is 2.78. The van der Waals surface area contributed by atoms with E-state index in [4.69, 9.17) is 0 Å². The van der Waals surface area contributed by atoms with Crippen molar-refractivity contribution in [3.8, 4) is 0 Å². The summed E-state index contributed by atoms with van der Waals surface area (Å²) < 4.78 is 1.85. The Bertz CT molecular complexity index is 560. The van der Waals surface area contributed by atoms with E-state index in [-0.39, 0.29) is 0 Å². The molecule has 0 spiro atoms. The summed E-state index contributed by atoms with van der Waals surface area (Å²) in [6, 6.07) is 4.58. The van der Waals surface area contributed by atoms with Crippen LogP contribution in [-0.4, -0.2) is 20.6 Å². The number of hydrogen-bond donors (Lipinski definition) is 1. The number of aromatic nitrogens is 3. The molecule has 3 unspecified atom stereocenters. The Balaban J connectivity index is 1.83. The molecule has 1 N–H and O–H groups in total. The van der Waals surface area contributed by atoms with Gasteiger partial charge in [-0.3, -0.25) is 0 Å². The zero-order valence-electron chi connectivity index (χ0n) is 11.2. The normalized spacial score (nSPS) is 27.8. The third-order valence-electron chi connectivity index (χ3n) is 4.26. The maximum absolute atomic E-state index is 4.52. The van der Waals surface area contributed by atoms with Crippen molar-refractivity contribution in [3.05, 3.63) is 23.9 Å². The second kappa shape index (κ2) is 4.26. The molecular formula is C14H20N4. The van der Waals surface area contributed by atoms with Gasteiger partial charge in [0, 0.05) is 12.2 Å². The molecule has 0 aromatic carbocycles. The zero-order chi connectivity index (χ0) is 12.7. The topological polar surface area (TPSA) is 42.2 Å². The fourth-order valence-electron chi connectivity index (χ4n) is 2.78. The van der Waals surface area contributed by atoms with Crippen LogP contribution in [-0.2, 0) is 0 Å². The lowest BCUT2D eigenvalue weighted by Gasteiger charge is -2.18. The number of nitrogens with one attached hydrogen (secondary N) is 1. The highest BCUT2D eigenvalue weighted by atomic mass is 15.3. The number of fused-ring (bicyclic) bond motifs is 1. The van der Waals surface area contributed by atoms with Gasteiger partial charge in [-0.05, 0) is 43.2 Å². The molecule has 0 aliphatic heterocycles. The average molecular weight is 244 g/mol. The fraction of sp³-hybridized carbons (Fsp3) is 0.571. The number of pyridine rings is 1. The molecule has 0 amide bonds. The maximum atomic E-state index is 4.52. The van der Waals surface area contributed by atoms with Gasteiger partial charge >= 0.3 is 0 Å². The summed E-state index contributed by atoms with van der Waals surface area (Å²) in [5, 5.41) is 7.98. The Morgan fingerprint density at radius 1 is 1.28 bits per heavy atom. The van der Waals surface area contributed by atoms with Crippen molar-refractivity contribution in [2.45, 2.75) is 39.7 Å². The third kappa shape index (κ3) is 1.96. The predicted molar refractivity (Wildman–Crippen MR) is 72.7 cm³/mol. The van der Waals surface area contributed by atoms with Crippen molar-refractivity contribution >= 4 is 11.6 Å². The van der Waals surface area contributed by atoms with Gasteiger partial charge in [-0.15, -0.1) is 5.10 Å². The second-order valence-electron chi connectivity index (χ2n) is 5.61. The summed E-state index contributed by atoms with van der Waals surface area (Å²) in [6.07, 6.45) is 4.52. The summed E-state index contributed by atoms with van der Waals surface area (Å²) in [5.74, 6) is 2.24. The van der Waals surface area contributed by atoms with Gasteiger partial charge < -0.3 is 5.32 Å². The van der Waals surface area contributed by atoms with Crippen molar-refractivity contribution in [2.24, 2.45) is 11.8 Å². The lowest BCUT2D eigenvalue weighted by molar-refractivity contribution is 0.434. The summed E-state index contributed by atoms with van der Waals surface area (Å²) in [4.78, 5) is 4.52. The molecule has 1 aliphatic rings. The zero-order valence-corrected chi connectivity index (χ0v) is 11.2. The van der Waals surface area contributed by atoms with Crippen LogP contribution < -0.4 is 5.32 Å². The lowest BCUT2D eigenvalue weighted by Crippen LogP contribution is -2.24. The molecule has 0 saturated heterocycles. The minimum atomic E-state index is 0.513. The molecule has 0 bridgehead atoms. The summed E-state index contributed by atoms with van der Waals surface area (Å²) >= 11 is 0. The van der Waals surface area contributed by atoms with Crippen molar-refractivity contribution in [1.29, 1.82) is 0 Å². The van der Waals surface area contributed by atoms with Crippen LogP contribution in [0.4, 0.5) is 5.95 Å². The highest BCUT2D eigenvalue weighted by Gasteiger charge is 2.30. The standard InChI is InChI=1S/C14H20N4/c1-9-4-7-13-16-14(17-18(13)8-9)15-12-6-5-10(2)11(12)3/h4,7-8,10-12H,5-6H2,1-3H3,(H,15,17). The van der Waals surface area contributed by atoms with Crippen molar-refractivity contribution in [1.82, 2.24) is 14.6 Å². The van der Waals surface area contributed by atoms with Crippen LogP contribution in [0.25, 0.3) is 5.65 Å². The quantitative estimate of drug-likeness (QED) is 0.883. The first kappa shape index (κ1) is 11.5. The van der Waals surface area contributed by atoms with E-state index in [1.807, 2.05) is 16.8 Å². The smallest absolute Gasteiger partial charge is 0.243 e. The average Bonchev–Trinajstić information content (AvgIpc) is 2.86. The molecule has 3 rings (SSSR count). The van der Waals surface area contributed by atoms with Gasteiger partial charge in [-0.2, -0.15) is 4.98 Å². The summed E-state index contributed by atoms with van der Waals surface area (Å²) in [6.45, 7) is 6.71. The van der Waals surface area contributed by atoms with Gasteiger partial charge in [-0.25, -0.2) is 4.52 Å². The van der Waals surface area contributed by atoms with Crippen LogP contribution in [0.1, 0.15) is 32.3 Å². The van der Waals surface area contributed by atoms with E-state index in [9.17, 15) is 0 Å². The molecule has 3 atom stereocenters. The number of aryl methyl sites for hydroxylation is 1. The van der Waals surface area contributed by atoms with E-state index < -0.39 is 0 Å². The molecule has 1 saturated carbocycles. The van der Waals surface area contributed by atoms with Crippen LogP contribution in [0.5, 0.6) is 0 Å². The Labute approximate surface area is 107 Å².